The van der Waals surface area contributed by atoms with Crippen molar-refractivity contribution in [2.24, 2.45) is 0 Å². The van der Waals surface area contributed by atoms with Crippen molar-refractivity contribution in [1.82, 2.24) is 5.32 Å². The molecule has 0 aromatic rings. The number of hydrogen-bond acceptors (Lipinski definition) is 4. The Morgan fingerprint density at radius 1 is 1.24 bits per heavy atom. The highest BCUT2D eigenvalue weighted by molar-refractivity contribution is 7.55. The molecule has 1 N–H and O–H groups in total. The Labute approximate surface area is 104 Å². The molecule has 0 aromatic carbocycles. The topological polar surface area (TPSA) is 64.6 Å². The van der Waals surface area contributed by atoms with Crippen LogP contribution in [-0.4, -0.2) is 30.3 Å². The zero-order valence-corrected chi connectivity index (χ0v) is 12.5. The molecule has 0 aliphatic heterocycles. The van der Waals surface area contributed by atoms with Crippen molar-refractivity contribution in [3.63, 3.8) is 0 Å². The van der Waals surface area contributed by atoms with Gasteiger partial charge in [0.25, 0.3) is 0 Å². The van der Waals surface area contributed by atoms with Crippen molar-refractivity contribution < 1.29 is 18.4 Å². The number of nitrogens with one attached hydrogen (secondary N) is 1. The van der Waals surface area contributed by atoms with Gasteiger partial charge in [-0.1, -0.05) is 0 Å². The summed E-state index contributed by atoms with van der Waals surface area (Å²) < 4.78 is 22.6. The zero-order valence-electron chi connectivity index (χ0n) is 11.6. The van der Waals surface area contributed by atoms with E-state index in [-0.39, 0.29) is 24.7 Å². The van der Waals surface area contributed by atoms with Crippen LogP contribution < -0.4 is 5.32 Å². The maximum Gasteiger partial charge on any atom is 0.342 e. The molecule has 0 heterocycles. The van der Waals surface area contributed by atoms with E-state index in [2.05, 4.69) is 5.32 Å². The van der Waals surface area contributed by atoms with E-state index in [1.54, 1.807) is 20.8 Å². The molecule has 1 atom stereocenters. The molecule has 0 spiro atoms. The van der Waals surface area contributed by atoms with E-state index in [0.717, 1.165) is 0 Å². The Bertz CT molecular complexity index is 288. The van der Waals surface area contributed by atoms with Gasteiger partial charge in [-0.2, -0.15) is 0 Å². The summed E-state index contributed by atoms with van der Waals surface area (Å²) >= 11 is 0. The van der Waals surface area contributed by atoms with Gasteiger partial charge < -0.3 is 14.4 Å². The van der Waals surface area contributed by atoms with E-state index in [0.29, 0.717) is 0 Å². The second-order valence-electron chi connectivity index (χ2n) is 4.79. The van der Waals surface area contributed by atoms with Gasteiger partial charge in [0.1, 0.15) is 5.66 Å². The Hall–Kier alpha value is -0.380. The third kappa shape index (κ3) is 5.66. The molecule has 102 valence electrons. The number of carbonyl (C=O) groups excluding carboxylic acids is 1. The lowest BCUT2D eigenvalue weighted by atomic mass is 10.1. The summed E-state index contributed by atoms with van der Waals surface area (Å²) in [6.45, 7) is 11.1. The van der Waals surface area contributed by atoms with Gasteiger partial charge in [-0.05, 0) is 41.5 Å². The number of rotatable bonds is 6. The van der Waals surface area contributed by atoms with E-state index < -0.39 is 13.3 Å². The molecule has 0 rings (SSSR count). The van der Waals surface area contributed by atoms with Gasteiger partial charge >= 0.3 is 7.60 Å². The average Bonchev–Trinajstić information content (AvgIpc) is 2.14. The summed E-state index contributed by atoms with van der Waals surface area (Å²) in [5, 5.41) is 2.77. The fourth-order valence-electron chi connectivity index (χ4n) is 1.24. The molecule has 0 aliphatic rings. The van der Waals surface area contributed by atoms with Crippen LogP contribution in [0, 0.1) is 0 Å². The lowest BCUT2D eigenvalue weighted by Gasteiger charge is -2.27. The van der Waals surface area contributed by atoms with Crippen LogP contribution >= 0.6 is 7.60 Å². The van der Waals surface area contributed by atoms with Crippen LogP contribution in [-0.2, 0) is 18.4 Å². The van der Waals surface area contributed by atoms with Crippen molar-refractivity contribution in [2.75, 3.05) is 13.2 Å². The van der Waals surface area contributed by atoms with Crippen LogP contribution in [0.2, 0.25) is 0 Å². The SMILES string of the molecule is CCOP(=O)(OCC)C(C)C(=O)NC(C)(C)C. The predicted molar refractivity (Wildman–Crippen MR) is 68.2 cm³/mol. The lowest BCUT2D eigenvalue weighted by molar-refractivity contribution is -0.122. The van der Waals surface area contributed by atoms with E-state index in [9.17, 15) is 9.36 Å². The second kappa shape index (κ2) is 6.53. The molecule has 0 radical (unpaired) electrons. The second-order valence-corrected chi connectivity index (χ2v) is 7.16. The smallest absolute Gasteiger partial charge is 0.342 e. The number of hydrogen-bond donors (Lipinski definition) is 1. The Balaban J connectivity index is 4.78. The minimum absolute atomic E-state index is 0.254. The molecule has 1 unspecified atom stereocenters. The van der Waals surface area contributed by atoms with Gasteiger partial charge in [-0.15, -0.1) is 0 Å². The zero-order chi connectivity index (χ0) is 13.7. The summed E-state index contributed by atoms with van der Waals surface area (Å²) in [7, 11) is -3.36. The first-order valence-corrected chi connectivity index (χ1v) is 7.48. The highest BCUT2D eigenvalue weighted by Gasteiger charge is 2.38. The molecule has 0 aromatic heterocycles. The van der Waals surface area contributed by atoms with Gasteiger partial charge in [0, 0.05) is 5.54 Å². The molecule has 0 saturated heterocycles. The Morgan fingerprint density at radius 2 is 1.65 bits per heavy atom. The lowest BCUT2D eigenvalue weighted by Crippen LogP contribution is -2.45. The molecule has 0 fully saturated rings. The largest absolute Gasteiger partial charge is 0.351 e. The molecule has 0 bridgehead atoms. The Morgan fingerprint density at radius 3 is 1.94 bits per heavy atom. The van der Waals surface area contributed by atoms with Crippen LogP contribution in [0.25, 0.3) is 0 Å². The van der Waals surface area contributed by atoms with Crippen molar-refractivity contribution in [2.45, 2.75) is 52.7 Å². The van der Waals surface area contributed by atoms with Crippen molar-refractivity contribution >= 4 is 13.5 Å². The third-order valence-corrected chi connectivity index (χ3v) is 4.39. The molecular weight excluding hydrogens is 241 g/mol. The van der Waals surface area contributed by atoms with E-state index in [4.69, 9.17) is 9.05 Å². The minimum atomic E-state index is -3.36. The molecular formula is C11H24NO4P. The van der Waals surface area contributed by atoms with E-state index >= 15 is 0 Å². The van der Waals surface area contributed by atoms with Crippen molar-refractivity contribution in [3.05, 3.63) is 0 Å². The fraction of sp³-hybridized carbons (Fsp3) is 0.909. The maximum atomic E-state index is 12.3. The standard InChI is InChI=1S/C11H24NO4P/c1-7-15-17(14,16-8-2)9(3)10(13)12-11(4,5)6/h9H,7-8H2,1-6H3,(H,12,13). The quantitative estimate of drug-likeness (QED) is 0.749. The first-order valence-electron chi connectivity index (χ1n) is 5.87. The Kier molecular flexibility index (Phi) is 6.38. The van der Waals surface area contributed by atoms with Gasteiger partial charge in [-0.25, -0.2) is 0 Å². The molecule has 6 heteroatoms. The summed E-state index contributed by atoms with van der Waals surface area (Å²) in [5.41, 5.74) is -1.17. The molecule has 1 amide bonds. The van der Waals surface area contributed by atoms with Crippen LogP contribution in [0.3, 0.4) is 0 Å². The summed E-state index contributed by atoms with van der Waals surface area (Å²) in [5.74, 6) is -0.317. The van der Waals surface area contributed by atoms with Crippen LogP contribution in [0.1, 0.15) is 41.5 Å². The summed E-state index contributed by atoms with van der Waals surface area (Å²) in [4.78, 5) is 11.9. The predicted octanol–water partition coefficient (Wildman–Crippen LogP) is 2.56. The van der Waals surface area contributed by atoms with Crippen molar-refractivity contribution in [1.29, 1.82) is 0 Å². The van der Waals surface area contributed by atoms with E-state index in [1.165, 1.54) is 0 Å². The first kappa shape index (κ1) is 16.6. The molecule has 0 saturated carbocycles. The summed E-state index contributed by atoms with van der Waals surface area (Å²) in [6.07, 6.45) is 0. The highest BCUT2D eigenvalue weighted by Crippen LogP contribution is 2.52. The summed E-state index contributed by atoms with van der Waals surface area (Å²) in [6, 6.07) is 0. The highest BCUT2D eigenvalue weighted by atomic mass is 31.2. The minimum Gasteiger partial charge on any atom is -0.351 e. The molecule has 5 nitrogen and oxygen atoms in total. The van der Waals surface area contributed by atoms with Gasteiger partial charge in [0.15, 0.2) is 0 Å². The van der Waals surface area contributed by atoms with Crippen LogP contribution in [0.4, 0.5) is 0 Å². The van der Waals surface area contributed by atoms with E-state index in [1.807, 2.05) is 20.8 Å². The third-order valence-electron chi connectivity index (χ3n) is 1.97. The van der Waals surface area contributed by atoms with Crippen molar-refractivity contribution in [3.8, 4) is 0 Å². The van der Waals surface area contributed by atoms with Gasteiger partial charge in [0.2, 0.25) is 5.91 Å². The van der Waals surface area contributed by atoms with Gasteiger partial charge in [0.05, 0.1) is 13.2 Å². The average molecular weight is 265 g/mol. The molecule has 0 aliphatic carbocycles. The monoisotopic (exact) mass is 265 g/mol. The fourth-order valence-corrected chi connectivity index (χ4v) is 2.83. The van der Waals surface area contributed by atoms with Gasteiger partial charge in [-0.3, -0.25) is 9.36 Å². The molecule has 17 heavy (non-hydrogen) atoms. The number of carbonyl (C=O) groups is 1. The first-order chi connectivity index (χ1) is 7.66. The number of amides is 1. The van der Waals surface area contributed by atoms with Crippen LogP contribution in [0.15, 0.2) is 0 Å². The van der Waals surface area contributed by atoms with Crippen LogP contribution in [0.5, 0.6) is 0 Å². The maximum absolute atomic E-state index is 12.3. The normalized spacial score (nSPS) is 14.5.